The number of rotatable bonds is 8. The van der Waals surface area contributed by atoms with Crippen molar-refractivity contribution in [3.8, 4) is 40.4 Å². The van der Waals surface area contributed by atoms with Crippen LogP contribution in [0.3, 0.4) is 0 Å². The molecule has 7 nitrogen and oxygen atoms in total. The SMILES string of the molecule is COc1cc(C=Nc2oc(-c3ccco3)c(-c3ccco3)c2C#N)cc(Cl)c1OCc1ccc(Cl)cc1. The lowest BCUT2D eigenvalue weighted by Crippen LogP contribution is -1.99. The maximum atomic E-state index is 9.92. The summed E-state index contributed by atoms with van der Waals surface area (Å²) in [5.41, 5.74) is 2.20. The molecule has 0 bridgehead atoms. The maximum absolute atomic E-state index is 9.92. The molecule has 3 aromatic heterocycles. The van der Waals surface area contributed by atoms with Crippen LogP contribution in [0.5, 0.6) is 11.5 Å². The average Bonchev–Trinajstić information content (AvgIpc) is 3.68. The number of nitriles is 1. The summed E-state index contributed by atoms with van der Waals surface area (Å²) in [6.45, 7) is 0.281. The zero-order valence-electron chi connectivity index (χ0n) is 19.4. The van der Waals surface area contributed by atoms with Crippen LogP contribution in [0.4, 0.5) is 5.88 Å². The minimum atomic E-state index is 0.0958. The second kappa shape index (κ2) is 10.7. The van der Waals surface area contributed by atoms with Crippen molar-refractivity contribution >= 4 is 35.3 Å². The fraction of sp³-hybridized carbons (Fsp3) is 0.0714. The summed E-state index contributed by atoms with van der Waals surface area (Å²) in [5, 5.41) is 10.9. The van der Waals surface area contributed by atoms with Gasteiger partial charge < -0.3 is 22.7 Å². The molecule has 0 unspecified atom stereocenters. The van der Waals surface area contributed by atoms with Gasteiger partial charge in [-0.3, -0.25) is 0 Å². The third-order valence-corrected chi connectivity index (χ3v) is 5.93. The fourth-order valence-corrected chi connectivity index (χ4v) is 4.07. The van der Waals surface area contributed by atoms with Gasteiger partial charge in [0.1, 0.15) is 24.0 Å². The second-order valence-corrected chi connectivity index (χ2v) is 8.60. The van der Waals surface area contributed by atoms with E-state index in [0.29, 0.717) is 50.0 Å². The number of benzene rings is 2. The highest BCUT2D eigenvalue weighted by Gasteiger charge is 2.26. The molecule has 0 fully saturated rings. The van der Waals surface area contributed by atoms with E-state index in [1.807, 2.05) is 12.1 Å². The Morgan fingerprint density at radius 2 is 1.73 bits per heavy atom. The van der Waals surface area contributed by atoms with Gasteiger partial charge in [0.25, 0.3) is 0 Å². The maximum Gasteiger partial charge on any atom is 0.238 e. The first-order valence-electron chi connectivity index (χ1n) is 11.0. The molecule has 9 heteroatoms. The molecule has 0 aliphatic carbocycles. The van der Waals surface area contributed by atoms with Crippen molar-refractivity contribution in [2.24, 2.45) is 4.99 Å². The Kier molecular flexibility index (Phi) is 7.04. The summed E-state index contributed by atoms with van der Waals surface area (Å²) in [4.78, 5) is 4.43. The van der Waals surface area contributed by atoms with Crippen LogP contribution >= 0.6 is 23.2 Å². The van der Waals surface area contributed by atoms with Crippen LogP contribution in [-0.4, -0.2) is 13.3 Å². The number of methoxy groups -OCH3 is 1. The van der Waals surface area contributed by atoms with E-state index in [1.54, 1.807) is 48.5 Å². The normalized spacial score (nSPS) is 11.1. The van der Waals surface area contributed by atoms with Crippen LogP contribution in [0.15, 0.2) is 91.4 Å². The van der Waals surface area contributed by atoms with Gasteiger partial charge in [-0.25, -0.2) is 4.99 Å². The molecule has 37 heavy (non-hydrogen) atoms. The Morgan fingerprint density at radius 3 is 2.38 bits per heavy atom. The minimum absolute atomic E-state index is 0.0958. The quantitative estimate of drug-likeness (QED) is 0.186. The van der Waals surface area contributed by atoms with Gasteiger partial charge in [-0.15, -0.1) is 0 Å². The number of ether oxygens (including phenoxy) is 2. The highest BCUT2D eigenvalue weighted by Crippen LogP contribution is 2.43. The highest BCUT2D eigenvalue weighted by atomic mass is 35.5. The first-order valence-corrected chi connectivity index (χ1v) is 11.8. The monoisotopic (exact) mass is 532 g/mol. The third-order valence-electron chi connectivity index (χ3n) is 5.39. The molecule has 0 N–H and O–H groups in total. The van der Waals surface area contributed by atoms with E-state index in [2.05, 4.69) is 11.1 Å². The van der Waals surface area contributed by atoms with Gasteiger partial charge in [0.15, 0.2) is 23.0 Å². The molecule has 0 atom stereocenters. The number of hydrogen-bond acceptors (Lipinski definition) is 7. The molecule has 2 aromatic carbocycles. The summed E-state index contributed by atoms with van der Waals surface area (Å²) in [5.74, 6) is 2.16. The number of halogens is 2. The number of nitrogens with zero attached hydrogens (tertiary/aromatic N) is 2. The molecule has 0 saturated heterocycles. The lowest BCUT2D eigenvalue weighted by Gasteiger charge is -2.13. The smallest absolute Gasteiger partial charge is 0.238 e. The van der Waals surface area contributed by atoms with Crippen LogP contribution in [0, 0.1) is 11.3 Å². The molecule has 184 valence electrons. The van der Waals surface area contributed by atoms with Crippen molar-refractivity contribution in [3.05, 3.63) is 99.9 Å². The third kappa shape index (κ3) is 5.12. The number of hydrogen-bond donors (Lipinski definition) is 0. The van der Waals surface area contributed by atoms with Gasteiger partial charge in [-0.2, -0.15) is 5.26 Å². The minimum Gasteiger partial charge on any atom is -0.493 e. The van der Waals surface area contributed by atoms with Crippen molar-refractivity contribution < 1.29 is 22.7 Å². The molecule has 5 aromatic rings. The van der Waals surface area contributed by atoms with Crippen LogP contribution in [0.1, 0.15) is 16.7 Å². The van der Waals surface area contributed by atoms with Gasteiger partial charge in [0.05, 0.1) is 30.2 Å². The van der Waals surface area contributed by atoms with Crippen molar-refractivity contribution in [2.75, 3.05) is 7.11 Å². The molecule has 0 aliphatic rings. The molecule has 5 rings (SSSR count). The summed E-state index contributed by atoms with van der Waals surface area (Å²) < 4.78 is 28.4. The lowest BCUT2D eigenvalue weighted by molar-refractivity contribution is 0.284. The van der Waals surface area contributed by atoms with Crippen LogP contribution < -0.4 is 9.47 Å². The summed E-state index contributed by atoms with van der Waals surface area (Å²) in [6.07, 6.45) is 4.56. The number of furan rings is 3. The van der Waals surface area contributed by atoms with Crippen LogP contribution in [0.2, 0.25) is 10.0 Å². The first-order chi connectivity index (χ1) is 18.1. The fourth-order valence-electron chi connectivity index (χ4n) is 3.67. The van der Waals surface area contributed by atoms with E-state index in [-0.39, 0.29) is 18.1 Å². The Morgan fingerprint density at radius 1 is 1.00 bits per heavy atom. The zero-order chi connectivity index (χ0) is 25.8. The summed E-state index contributed by atoms with van der Waals surface area (Å²) in [6, 6.07) is 19.8. The van der Waals surface area contributed by atoms with E-state index in [0.717, 1.165) is 5.56 Å². The summed E-state index contributed by atoms with van der Waals surface area (Å²) in [7, 11) is 1.52. The second-order valence-electron chi connectivity index (χ2n) is 7.76. The van der Waals surface area contributed by atoms with Crippen LogP contribution in [0.25, 0.3) is 22.8 Å². The molecule has 0 saturated carbocycles. The Labute approximate surface area is 222 Å². The topological polar surface area (TPSA) is 94.0 Å². The molecule has 0 aliphatic heterocycles. The highest BCUT2D eigenvalue weighted by molar-refractivity contribution is 6.32. The Balaban J connectivity index is 1.46. The summed E-state index contributed by atoms with van der Waals surface area (Å²) >= 11 is 12.5. The van der Waals surface area contributed by atoms with Crippen molar-refractivity contribution in [1.29, 1.82) is 5.26 Å². The van der Waals surface area contributed by atoms with Gasteiger partial charge in [0.2, 0.25) is 5.88 Å². The molecular formula is C28H18Cl2N2O5. The van der Waals surface area contributed by atoms with E-state index in [4.69, 9.17) is 45.9 Å². The van der Waals surface area contributed by atoms with Gasteiger partial charge in [-0.05, 0) is 59.7 Å². The largest absolute Gasteiger partial charge is 0.493 e. The van der Waals surface area contributed by atoms with Crippen molar-refractivity contribution in [2.45, 2.75) is 6.61 Å². The Hall–Kier alpha value is -4.38. The first kappa shape index (κ1) is 24.3. The van der Waals surface area contributed by atoms with Crippen molar-refractivity contribution in [3.63, 3.8) is 0 Å². The standard InChI is InChI=1S/C28H18Cl2N2O5/c1-33-24-13-18(12-21(30)26(24)36-16-17-6-8-19(29)9-7-17)15-32-28-20(14-31)25(22-4-2-10-34-22)27(37-28)23-5-3-11-35-23/h2-13,15H,16H2,1H3. The van der Waals surface area contributed by atoms with Gasteiger partial charge in [-0.1, -0.05) is 35.3 Å². The Bertz CT molecular complexity index is 1580. The molecule has 0 radical (unpaired) electrons. The van der Waals surface area contributed by atoms with Crippen molar-refractivity contribution in [1.82, 2.24) is 0 Å². The zero-order valence-corrected chi connectivity index (χ0v) is 20.9. The predicted octanol–water partition coefficient (Wildman–Crippen LogP) is 8.32. The van der Waals surface area contributed by atoms with E-state index in [1.165, 1.54) is 25.9 Å². The van der Waals surface area contributed by atoms with E-state index in [9.17, 15) is 5.26 Å². The molecule has 0 spiro atoms. The number of aliphatic imine (C=N–C) groups is 1. The van der Waals surface area contributed by atoms with Crippen LogP contribution in [-0.2, 0) is 6.61 Å². The van der Waals surface area contributed by atoms with E-state index >= 15 is 0 Å². The molecule has 0 amide bonds. The lowest BCUT2D eigenvalue weighted by atomic mass is 10.1. The van der Waals surface area contributed by atoms with Gasteiger partial charge >= 0.3 is 0 Å². The average molecular weight is 533 g/mol. The molecule has 3 heterocycles. The molecular weight excluding hydrogens is 515 g/mol. The van der Waals surface area contributed by atoms with Gasteiger partial charge in [0, 0.05) is 11.2 Å². The van der Waals surface area contributed by atoms with E-state index < -0.39 is 0 Å². The predicted molar refractivity (Wildman–Crippen MR) is 140 cm³/mol.